The quantitative estimate of drug-likeness (QED) is 0.0870. The van der Waals surface area contributed by atoms with Gasteiger partial charge in [-0.25, -0.2) is 20.0 Å². The van der Waals surface area contributed by atoms with Crippen molar-refractivity contribution in [2.45, 2.75) is 11.3 Å². The Morgan fingerprint density at radius 3 is 1.06 bits per heavy atom. The summed E-state index contributed by atoms with van der Waals surface area (Å²) >= 11 is 0. The highest BCUT2D eigenvalue weighted by Crippen LogP contribution is 2.35. The maximum Gasteiger partial charge on any atom is 0.296 e. The van der Waals surface area contributed by atoms with Crippen LogP contribution in [0.25, 0.3) is 0 Å². The summed E-state index contributed by atoms with van der Waals surface area (Å²) < 4.78 is 9.63. The van der Waals surface area contributed by atoms with Gasteiger partial charge in [-0.05, 0) is 0 Å². The van der Waals surface area contributed by atoms with Crippen LogP contribution in [-0.2, 0) is 40.8 Å². The lowest BCUT2D eigenvalue weighted by Gasteiger charge is -2.24. The van der Waals surface area contributed by atoms with Crippen molar-refractivity contribution < 1.29 is 50.5 Å². The molecule has 0 aliphatic heterocycles. The summed E-state index contributed by atoms with van der Waals surface area (Å²) in [5, 5.41) is 75.4. The second-order valence-electron chi connectivity index (χ2n) is 5.04. The van der Waals surface area contributed by atoms with E-state index in [9.17, 15) is 0 Å². The molecule has 0 spiro atoms. The van der Waals surface area contributed by atoms with Gasteiger partial charge in [0.25, 0.3) is 11.3 Å². The molecule has 0 heterocycles. The van der Waals surface area contributed by atoms with Gasteiger partial charge in [0, 0.05) is 11.1 Å². The highest BCUT2D eigenvalue weighted by atomic mass is 17.2. The van der Waals surface area contributed by atoms with Crippen LogP contribution in [0.4, 0.5) is 0 Å². The minimum Gasteiger partial charge on any atom is -0.481 e. The average Bonchev–Trinajstić information content (AvgIpc) is 2.84. The number of hydrogen-bond acceptors (Lipinski definition) is 20. The molecule has 0 atom stereocenters. The van der Waals surface area contributed by atoms with Gasteiger partial charge in [-0.3, -0.25) is 10.8 Å². The predicted octanol–water partition coefficient (Wildman–Crippen LogP) is 2.67. The molecule has 20 heteroatoms. The van der Waals surface area contributed by atoms with Crippen LogP contribution in [0.3, 0.4) is 0 Å². The Morgan fingerprint density at radius 2 is 0.875 bits per heavy atom. The summed E-state index contributed by atoms with van der Waals surface area (Å²) in [6.45, 7) is 0. The standard InChI is InChI=1S/C12H16N10O10/c1-27-9(13)11(15-19-29-23,16-20-30-24)7-3-5-8(6-4-7)12(10(14)28-2,17-21-31-25)18-22-32-26/h3-6,13-14,23-26H,1-2H3/b13-9?,14-10?,19-15+,20-16+,21-17+,22-18+. The average molecular weight is 460 g/mol. The third-order valence-corrected chi connectivity index (χ3v) is 3.62. The summed E-state index contributed by atoms with van der Waals surface area (Å²) in [6.07, 6.45) is 0. The minimum atomic E-state index is -2.26. The van der Waals surface area contributed by atoms with Crippen molar-refractivity contribution in [2.24, 2.45) is 41.6 Å². The van der Waals surface area contributed by atoms with Crippen LogP contribution >= 0.6 is 0 Å². The lowest BCUT2D eigenvalue weighted by atomic mass is 9.94. The van der Waals surface area contributed by atoms with E-state index in [1.54, 1.807) is 0 Å². The third-order valence-electron chi connectivity index (χ3n) is 3.62. The molecule has 0 aromatic heterocycles. The van der Waals surface area contributed by atoms with Crippen molar-refractivity contribution in [1.82, 2.24) is 0 Å². The first-order valence-corrected chi connectivity index (χ1v) is 7.70. The molecular weight excluding hydrogens is 444 g/mol. The Morgan fingerprint density at radius 1 is 0.625 bits per heavy atom. The number of ether oxygens (including phenoxy) is 2. The van der Waals surface area contributed by atoms with Gasteiger partial charge in [0.1, 0.15) is 0 Å². The molecule has 0 unspecified atom stereocenters. The molecule has 0 aliphatic rings. The van der Waals surface area contributed by atoms with Crippen molar-refractivity contribution >= 4 is 11.8 Å². The van der Waals surface area contributed by atoms with Gasteiger partial charge in [0.05, 0.1) is 35.3 Å². The van der Waals surface area contributed by atoms with Gasteiger partial charge in [0.2, 0.25) is 11.8 Å². The number of methoxy groups -OCH3 is 2. The molecule has 0 saturated carbocycles. The Labute approximate surface area is 176 Å². The predicted molar refractivity (Wildman–Crippen MR) is 93.5 cm³/mol. The molecule has 0 radical (unpaired) electrons. The highest BCUT2D eigenvalue weighted by molar-refractivity contribution is 5.86. The summed E-state index contributed by atoms with van der Waals surface area (Å²) in [7, 11) is 2.18. The number of rotatable bonds is 12. The van der Waals surface area contributed by atoms with Crippen molar-refractivity contribution in [1.29, 1.82) is 10.8 Å². The zero-order valence-electron chi connectivity index (χ0n) is 16.1. The van der Waals surface area contributed by atoms with E-state index in [4.69, 9.17) is 41.3 Å². The number of nitrogens with one attached hydrogen (secondary N) is 2. The van der Waals surface area contributed by atoms with Crippen molar-refractivity contribution in [2.75, 3.05) is 14.2 Å². The van der Waals surface area contributed by atoms with E-state index in [1.165, 1.54) is 24.3 Å². The van der Waals surface area contributed by atoms with E-state index < -0.39 is 23.1 Å². The molecule has 0 saturated heterocycles. The van der Waals surface area contributed by atoms with E-state index in [0.29, 0.717) is 0 Å². The first kappa shape index (κ1) is 25.6. The van der Waals surface area contributed by atoms with E-state index >= 15 is 0 Å². The molecule has 20 nitrogen and oxygen atoms in total. The Bertz CT molecular complexity index is 775. The largest absolute Gasteiger partial charge is 0.481 e. The fourth-order valence-electron chi connectivity index (χ4n) is 2.24. The summed E-state index contributed by atoms with van der Waals surface area (Å²) in [6, 6.07) is 4.83. The maximum atomic E-state index is 8.49. The lowest BCUT2D eigenvalue weighted by molar-refractivity contribution is -0.256. The summed E-state index contributed by atoms with van der Waals surface area (Å²) in [4.78, 5) is 14.1. The Balaban J connectivity index is 3.74. The van der Waals surface area contributed by atoms with E-state index in [1.807, 2.05) is 0 Å². The molecule has 1 rings (SSSR count). The fourth-order valence-corrected chi connectivity index (χ4v) is 2.24. The van der Waals surface area contributed by atoms with Gasteiger partial charge < -0.3 is 9.47 Å². The Kier molecular flexibility index (Phi) is 9.88. The van der Waals surface area contributed by atoms with Crippen LogP contribution in [0.5, 0.6) is 0 Å². The zero-order valence-corrected chi connectivity index (χ0v) is 16.1. The number of benzene rings is 1. The van der Waals surface area contributed by atoms with Crippen molar-refractivity contribution in [3.05, 3.63) is 35.4 Å². The molecule has 6 N–H and O–H groups in total. The van der Waals surface area contributed by atoms with Crippen LogP contribution in [0.2, 0.25) is 0 Å². The number of nitrogens with zero attached hydrogens (tertiary/aromatic N) is 8. The lowest BCUT2D eigenvalue weighted by Crippen LogP contribution is -2.34. The molecule has 0 amide bonds. The highest BCUT2D eigenvalue weighted by Gasteiger charge is 2.44. The first-order chi connectivity index (χ1) is 15.4. The molecule has 1 aromatic rings. The smallest absolute Gasteiger partial charge is 0.296 e. The van der Waals surface area contributed by atoms with E-state index in [0.717, 1.165) is 14.2 Å². The molecule has 1 aromatic carbocycles. The van der Waals surface area contributed by atoms with Crippen LogP contribution in [0, 0.1) is 10.8 Å². The van der Waals surface area contributed by atoms with E-state index in [-0.39, 0.29) is 11.1 Å². The second kappa shape index (κ2) is 12.3. The van der Waals surface area contributed by atoms with Crippen LogP contribution < -0.4 is 0 Å². The van der Waals surface area contributed by atoms with Crippen molar-refractivity contribution in [3.63, 3.8) is 0 Å². The van der Waals surface area contributed by atoms with Gasteiger partial charge in [0.15, 0.2) is 0 Å². The minimum absolute atomic E-state index is 0.0433. The van der Waals surface area contributed by atoms with Gasteiger partial charge >= 0.3 is 0 Å². The van der Waals surface area contributed by atoms with Crippen molar-refractivity contribution in [3.8, 4) is 0 Å². The zero-order chi connectivity index (χ0) is 24.0. The van der Waals surface area contributed by atoms with E-state index in [2.05, 4.69) is 61.5 Å². The summed E-state index contributed by atoms with van der Waals surface area (Å²) in [5.74, 6) is -1.44. The molecule has 0 fully saturated rings. The van der Waals surface area contributed by atoms with Gasteiger partial charge in [-0.2, -0.15) is 21.0 Å². The molecule has 32 heavy (non-hydrogen) atoms. The summed E-state index contributed by atoms with van der Waals surface area (Å²) in [5.41, 5.74) is -4.61. The number of hydrogen-bond donors (Lipinski definition) is 6. The van der Waals surface area contributed by atoms with Gasteiger partial charge in [-0.1, -0.05) is 24.3 Å². The van der Waals surface area contributed by atoms with Crippen LogP contribution in [0.1, 0.15) is 11.1 Å². The second-order valence-corrected chi connectivity index (χ2v) is 5.04. The normalized spacial score (nSPS) is 12.4. The first-order valence-electron chi connectivity index (χ1n) is 7.70. The maximum absolute atomic E-state index is 8.49. The third kappa shape index (κ3) is 5.39. The Hall–Kier alpha value is -4.40. The molecule has 174 valence electrons. The SMILES string of the molecule is COC(=N)C(/N=N/OO)(/N=N/OO)c1ccc(C(/N=N/OO)(/N=N/OO)C(=N)OC)cc1. The van der Waals surface area contributed by atoms with Crippen LogP contribution in [0.15, 0.2) is 65.8 Å². The fraction of sp³-hybridized carbons (Fsp3) is 0.333. The molecule has 0 aliphatic carbocycles. The molecular formula is C12H16N10O10. The monoisotopic (exact) mass is 460 g/mol. The van der Waals surface area contributed by atoms with Crippen LogP contribution in [-0.4, -0.2) is 47.0 Å². The van der Waals surface area contributed by atoms with Gasteiger partial charge in [-0.15, -0.1) is 20.5 Å². The topological polar surface area (TPSA) is 283 Å². The molecule has 0 bridgehead atoms.